The van der Waals surface area contributed by atoms with E-state index in [1.165, 1.54) is 170 Å². The van der Waals surface area contributed by atoms with Crippen LogP contribution < -0.4 is 26.2 Å². The highest BCUT2D eigenvalue weighted by Crippen LogP contribution is 2.62. The molecule has 2 aliphatic heterocycles. The van der Waals surface area contributed by atoms with Crippen LogP contribution in [0.2, 0.25) is 0 Å². The molecule has 24 aromatic rings. The Labute approximate surface area is 703 Å². The fourth-order valence-electron chi connectivity index (χ4n) is 23.7. The lowest BCUT2D eigenvalue weighted by atomic mass is 9.33. The molecule has 0 bridgehead atoms. The van der Waals surface area contributed by atoms with Gasteiger partial charge in [-0.25, -0.2) is 0 Å². The van der Waals surface area contributed by atoms with Gasteiger partial charge in [-0.05, 0) is 191 Å². The van der Waals surface area contributed by atoms with E-state index >= 15 is 0 Å². The van der Waals surface area contributed by atoms with Gasteiger partial charge in [0.15, 0.2) is 0 Å². The van der Waals surface area contributed by atoms with Crippen LogP contribution in [0.5, 0.6) is 0 Å². The number of benzene rings is 19. The molecule has 5 aromatic heterocycles. The molecule has 122 heavy (non-hydrogen) atoms. The Bertz CT molecular complexity index is 7870. The third-order valence-corrected chi connectivity index (χ3v) is 28.4. The first-order valence-corrected chi connectivity index (χ1v) is 42.7. The van der Waals surface area contributed by atoms with Crippen molar-refractivity contribution in [2.45, 2.75) is 10.8 Å². The molecule has 0 spiro atoms. The summed E-state index contributed by atoms with van der Waals surface area (Å²) in [6, 6.07) is 163. The van der Waals surface area contributed by atoms with Gasteiger partial charge in [0.25, 0.3) is 6.71 Å². The van der Waals surface area contributed by atoms with Crippen molar-refractivity contribution in [3.63, 3.8) is 0 Å². The number of rotatable bonds is 9. The number of aromatic nitrogens is 3. The van der Waals surface area contributed by atoms with Crippen LogP contribution >= 0.6 is 0 Å². The zero-order valence-electron chi connectivity index (χ0n) is 66.2. The SMILES string of the molecule is c1ccc(C2(c3ccccc3)c3ccccc3-c3cc4c(cc32)N(c2ccccc2-c2cc3c5ccccc5n5c6ccccc6c(c2)c35)c2cc(-n3c5ccccc5c5ccccc53)cc3c2B4c2cc4c(cc2N3c2ccccc2-c2cc3c5ccccc5n5c6ccccc6c(c2)c35)C(c2ccccc2)(c2ccccc2)c2ccccc2-4)cc1. The smallest absolute Gasteiger partial charge is 0.252 e. The Morgan fingerprint density at radius 2 is 0.484 bits per heavy atom. The van der Waals surface area contributed by atoms with E-state index in [1.807, 2.05) is 0 Å². The lowest BCUT2D eigenvalue weighted by Gasteiger charge is -2.46. The number of hydrogen-bond acceptors (Lipinski definition) is 2. The Morgan fingerprint density at radius 1 is 0.197 bits per heavy atom. The summed E-state index contributed by atoms with van der Waals surface area (Å²) in [7, 11) is 0. The van der Waals surface area contributed by atoms with Crippen molar-refractivity contribution < 1.29 is 0 Å². The molecule has 0 atom stereocenters. The molecule has 0 amide bonds. The van der Waals surface area contributed by atoms with Crippen LogP contribution in [0.1, 0.15) is 44.5 Å². The van der Waals surface area contributed by atoms with E-state index in [4.69, 9.17) is 0 Å². The minimum absolute atomic E-state index is 0.356. The van der Waals surface area contributed by atoms with Crippen LogP contribution in [0.15, 0.2) is 425 Å². The molecule has 562 valence electrons. The summed E-state index contributed by atoms with van der Waals surface area (Å²) in [5.41, 5.74) is 38.9. The average molecular weight is 1540 g/mol. The lowest BCUT2D eigenvalue weighted by Crippen LogP contribution is -2.61. The summed E-state index contributed by atoms with van der Waals surface area (Å²) < 4.78 is 7.59. The molecular formula is C116H70BN5. The molecule has 19 aromatic carbocycles. The number of hydrogen-bond donors (Lipinski definition) is 0. The molecule has 7 heterocycles. The molecule has 0 radical (unpaired) electrons. The standard InChI is InChI=1S/C116H70BN5/c1-5-33-73(34-6-1)115(74-35-7-2-8-36-74)94-51-23-13-43-80(94)88-67-98-108(69-96(88)115)119(100-53-25-15-41-78(100)71-61-90-84-47-19-29-57-104(84)121-105-58-30-20-48-85(105)91(62-71)113(90)121)110-65-77(118-102-55-27-17-45-82(102)83-46-18-28-56-103(83)118)66-111-112(110)117(98)99-68-89-81-44-14-24-52-95(81)116(75-37-9-3-10-38-75,76-39-11-4-12-40-76)97(89)70-109(99)120(111)101-54-26-16-42-79(101)72-63-92-86-49-21-31-59-106(86)122-107-60-32-22-50-87(107)93(64-72)114(92)122/h1-70H. The Balaban J connectivity index is 0.818. The van der Waals surface area contributed by atoms with E-state index in [-0.39, 0.29) is 6.71 Å². The van der Waals surface area contributed by atoms with Crippen LogP contribution in [0.4, 0.5) is 34.1 Å². The molecule has 2 aliphatic carbocycles. The summed E-state index contributed by atoms with van der Waals surface area (Å²) in [5, 5.41) is 12.3. The van der Waals surface area contributed by atoms with E-state index in [0.29, 0.717) is 0 Å². The second kappa shape index (κ2) is 24.5. The predicted molar refractivity (Wildman–Crippen MR) is 510 cm³/mol. The summed E-state index contributed by atoms with van der Waals surface area (Å²) in [5.74, 6) is 0. The van der Waals surface area contributed by atoms with Gasteiger partial charge in [-0.3, -0.25) is 0 Å². The maximum Gasteiger partial charge on any atom is 0.252 e. The molecule has 5 nitrogen and oxygen atoms in total. The lowest BCUT2D eigenvalue weighted by molar-refractivity contribution is 0.768. The normalized spacial score (nSPS) is 14.0. The minimum atomic E-state index is -0.741. The number of para-hydroxylation sites is 8. The quantitative estimate of drug-likeness (QED) is 0.134. The Kier molecular flexibility index (Phi) is 13.3. The molecule has 28 rings (SSSR count). The van der Waals surface area contributed by atoms with E-state index in [2.05, 4.69) is 448 Å². The van der Waals surface area contributed by atoms with Gasteiger partial charge in [0.1, 0.15) is 0 Å². The molecular weight excluding hydrogens is 1470 g/mol. The van der Waals surface area contributed by atoms with Crippen LogP contribution in [0.25, 0.3) is 148 Å². The maximum absolute atomic E-state index is 2.75. The van der Waals surface area contributed by atoms with Gasteiger partial charge in [-0.15, -0.1) is 0 Å². The molecule has 0 N–H and O–H groups in total. The third-order valence-electron chi connectivity index (χ3n) is 28.4. The van der Waals surface area contributed by atoms with Gasteiger partial charge in [0, 0.05) is 87.7 Å². The van der Waals surface area contributed by atoms with Crippen molar-refractivity contribution >= 4 is 155 Å². The monoisotopic (exact) mass is 1540 g/mol. The van der Waals surface area contributed by atoms with Gasteiger partial charge in [0.05, 0.1) is 72.0 Å². The van der Waals surface area contributed by atoms with Gasteiger partial charge < -0.3 is 23.2 Å². The highest BCUT2D eigenvalue weighted by molar-refractivity contribution is 7.00. The molecule has 0 saturated carbocycles. The molecule has 0 saturated heterocycles. The first-order valence-electron chi connectivity index (χ1n) is 42.7. The third kappa shape index (κ3) is 8.47. The summed E-state index contributed by atoms with van der Waals surface area (Å²) >= 11 is 0. The van der Waals surface area contributed by atoms with Crippen molar-refractivity contribution in [1.29, 1.82) is 0 Å². The summed E-state index contributed by atoms with van der Waals surface area (Å²) in [6.45, 7) is -0.356. The van der Waals surface area contributed by atoms with Gasteiger partial charge in [-0.2, -0.15) is 0 Å². The highest BCUT2D eigenvalue weighted by Gasteiger charge is 2.53. The van der Waals surface area contributed by atoms with E-state index in [9.17, 15) is 0 Å². The minimum Gasteiger partial charge on any atom is -0.311 e. The highest BCUT2D eigenvalue weighted by atomic mass is 15.2. The fraction of sp³-hybridized carbons (Fsp3) is 0.0172. The van der Waals surface area contributed by atoms with Crippen molar-refractivity contribution in [1.82, 2.24) is 13.4 Å². The first kappa shape index (κ1) is 66.3. The first-order chi connectivity index (χ1) is 60.6. The second-order valence-electron chi connectivity index (χ2n) is 34.0. The Hall–Kier alpha value is -15.8. The zero-order valence-corrected chi connectivity index (χ0v) is 66.2. The summed E-state index contributed by atoms with van der Waals surface area (Å²) in [6.07, 6.45) is 0. The van der Waals surface area contributed by atoms with Gasteiger partial charge in [0.2, 0.25) is 0 Å². The number of fused-ring (bicyclic) bond motifs is 25. The van der Waals surface area contributed by atoms with E-state index < -0.39 is 10.8 Å². The van der Waals surface area contributed by atoms with Crippen molar-refractivity contribution in [2.24, 2.45) is 0 Å². The maximum atomic E-state index is 2.75. The van der Waals surface area contributed by atoms with Crippen molar-refractivity contribution in [2.75, 3.05) is 9.80 Å². The molecule has 0 fully saturated rings. The van der Waals surface area contributed by atoms with E-state index in [0.717, 1.165) is 73.1 Å². The van der Waals surface area contributed by atoms with Gasteiger partial charge in [-0.1, -0.05) is 328 Å². The topological polar surface area (TPSA) is 20.2 Å². The van der Waals surface area contributed by atoms with Crippen LogP contribution in [0, 0.1) is 0 Å². The molecule has 6 heteroatoms. The predicted octanol–water partition coefficient (Wildman–Crippen LogP) is 27.2. The number of nitrogens with zero attached hydrogens (tertiary/aromatic N) is 5. The van der Waals surface area contributed by atoms with Crippen LogP contribution in [-0.4, -0.2) is 20.1 Å². The summed E-state index contributed by atoms with van der Waals surface area (Å²) in [4.78, 5) is 5.50. The average Bonchev–Trinajstić information content (AvgIpc) is 1.25. The van der Waals surface area contributed by atoms with Gasteiger partial charge >= 0.3 is 0 Å². The fourth-order valence-corrected chi connectivity index (χ4v) is 23.7. The van der Waals surface area contributed by atoms with Crippen LogP contribution in [-0.2, 0) is 10.8 Å². The Morgan fingerprint density at radius 3 is 0.836 bits per heavy atom. The van der Waals surface area contributed by atoms with Crippen molar-refractivity contribution in [3.05, 3.63) is 469 Å². The van der Waals surface area contributed by atoms with Crippen molar-refractivity contribution in [3.8, 4) is 50.2 Å². The van der Waals surface area contributed by atoms with E-state index in [1.54, 1.807) is 0 Å². The molecule has 0 unspecified atom stereocenters. The largest absolute Gasteiger partial charge is 0.311 e. The second-order valence-corrected chi connectivity index (χ2v) is 34.0. The molecule has 4 aliphatic rings. The number of anilines is 6. The zero-order chi connectivity index (χ0) is 79.4. The van der Waals surface area contributed by atoms with Crippen LogP contribution in [0.3, 0.4) is 0 Å².